The van der Waals surface area contributed by atoms with Gasteiger partial charge in [-0.2, -0.15) is 0 Å². The lowest BCUT2D eigenvalue weighted by Crippen LogP contribution is -2.42. The Kier molecular flexibility index (Phi) is 7.18. The van der Waals surface area contributed by atoms with Crippen LogP contribution in [0.15, 0.2) is 24.3 Å². The van der Waals surface area contributed by atoms with E-state index in [0.717, 1.165) is 24.1 Å². The number of amides is 1. The molecule has 0 fully saturated rings. The first-order valence-corrected chi connectivity index (χ1v) is 7.85. The Bertz CT molecular complexity index is 469. The van der Waals surface area contributed by atoms with Crippen molar-refractivity contribution < 1.29 is 9.53 Å². The van der Waals surface area contributed by atoms with E-state index < -0.39 is 5.60 Å². The number of hydrogen-bond acceptors (Lipinski definition) is 4. The van der Waals surface area contributed by atoms with Crippen LogP contribution in [0.2, 0.25) is 0 Å². The predicted molar refractivity (Wildman–Crippen MR) is 90.6 cm³/mol. The van der Waals surface area contributed by atoms with Crippen molar-refractivity contribution >= 4 is 11.8 Å². The van der Waals surface area contributed by atoms with E-state index in [-0.39, 0.29) is 12.1 Å². The van der Waals surface area contributed by atoms with Crippen molar-refractivity contribution in [3.8, 4) is 0 Å². The van der Waals surface area contributed by atoms with Crippen LogP contribution in [0.1, 0.15) is 46.1 Å². The Morgan fingerprint density at radius 3 is 2.59 bits per heavy atom. The number of alkyl carbamates (subject to hydrolysis) is 1. The molecule has 5 heteroatoms. The van der Waals surface area contributed by atoms with Gasteiger partial charge in [-0.1, -0.05) is 31.5 Å². The molecule has 4 N–H and O–H groups in total. The molecule has 0 spiro atoms. The molecule has 0 aliphatic heterocycles. The second-order valence-electron chi connectivity index (χ2n) is 6.45. The smallest absolute Gasteiger partial charge is 0.407 e. The number of ether oxygens (including phenoxy) is 1. The van der Waals surface area contributed by atoms with Crippen LogP contribution in [0.3, 0.4) is 0 Å². The van der Waals surface area contributed by atoms with Gasteiger partial charge in [0.1, 0.15) is 5.60 Å². The number of nitrogens with one attached hydrogen (secondary N) is 2. The van der Waals surface area contributed by atoms with Crippen molar-refractivity contribution in [1.29, 1.82) is 0 Å². The molecular formula is C17H29N3O2. The van der Waals surface area contributed by atoms with E-state index >= 15 is 0 Å². The van der Waals surface area contributed by atoms with Crippen LogP contribution in [0.4, 0.5) is 10.5 Å². The first-order valence-electron chi connectivity index (χ1n) is 7.85. The van der Waals surface area contributed by atoms with E-state index in [9.17, 15) is 4.79 Å². The van der Waals surface area contributed by atoms with E-state index in [2.05, 4.69) is 17.6 Å². The highest BCUT2D eigenvalue weighted by Crippen LogP contribution is 2.11. The maximum absolute atomic E-state index is 11.7. The Balaban J connectivity index is 2.45. The summed E-state index contributed by atoms with van der Waals surface area (Å²) < 4.78 is 5.25. The van der Waals surface area contributed by atoms with Crippen molar-refractivity contribution in [2.75, 3.05) is 12.3 Å². The molecule has 0 aliphatic carbocycles. The number of carbonyl (C=O) groups is 1. The van der Waals surface area contributed by atoms with Crippen molar-refractivity contribution in [3.05, 3.63) is 29.8 Å². The van der Waals surface area contributed by atoms with Crippen molar-refractivity contribution in [3.63, 3.8) is 0 Å². The number of benzene rings is 1. The summed E-state index contributed by atoms with van der Waals surface area (Å²) in [5.41, 5.74) is 7.32. The minimum atomic E-state index is -0.476. The van der Waals surface area contributed by atoms with E-state index in [1.54, 1.807) is 0 Å². The molecule has 0 aromatic heterocycles. The Hall–Kier alpha value is -1.75. The fourth-order valence-electron chi connectivity index (χ4n) is 2.09. The summed E-state index contributed by atoms with van der Waals surface area (Å²) in [6.07, 6.45) is 1.63. The Morgan fingerprint density at radius 2 is 2.00 bits per heavy atom. The zero-order chi connectivity index (χ0) is 16.6. The Labute approximate surface area is 133 Å². The van der Waals surface area contributed by atoms with Gasteiger partial charge in [-0.3, -0.25) is 0 Å². The van der Waals surface area contributed by atoms with Crippen LogP contribution in [-0.4, -0.2) is 24.3 Å². The van der Waals surface area contributed by atoms with Gasteiger partial charge in [0.15, 0.2) is 0 Å². The molecule has 0 aliphatic rings. The van der Waals surface area contributed by atoms with Gasteiger partial charge in [-0.15, -0.1) is 0 Å². The van der Waals surface area contributed by atoms with Gasteiger partial charge in [0.2, 0.25) is 0 Å². The molecule has 1 aromatic rings. The van der Waals surface area contributed by atoms with Crippen LogP contribution < -0.4 is 16.4 Å². The molecule has 0 heterocycles. The molecule has 1 atom stereocenters. The van der Waals surface area contributed by atoms with Crippen LogP contribution in [0.25, 0.3) is 0 Å². The lowest BCUT2D eigenvalue weighted by atomic mass is 10.1. The molecular weight excluding hydrogens is 278 g/mol. The minimum Gasteiger partial charge on any atom is -0.444 e. The first-order chi connectivity index (χ1) is 10.3. The fraction of sp³-hybridized carbons (Fsp3) is 0.588. The zero-order valence-corrected chi connectivity index (χ0v) is 14.1. The standard InChI is InChI=1S/C17H29N3O2/c1-5-8-14(12-20-16(21)22-17(2,3)4)19-11-13-9-6-7-10-15(13)18/h6-7,9-10,14,19H,5,8,11-12,18H2,1-4H3,(H,20,21). The highest BCUT2D eigenvalue weighted by Gasteiger charge is 2.17. The van der Waals surface area contributed by atoms with Crippen molar-refractivity contribution in [2.45, 2.75) is 58.7 Å². The second-order valence-corrected chi connectivity index (χ2v) is 6.45. The quantitative estimate of drug-likeness (QED) is 0.677. The highest BCUT2D eigenvalue weighted by molar-refractivity contribution is 5.67. The van der Waals surface area contributed by atoms with E-state index in [0.29, 0.717) is 13.1 Å². The Morgan fingerprint density at radius 1 is 1.32 bits per heavy atom. The van der Waals surface area contributed by atoms with Gasteiger partial charge in [0.05, 0.1) is 0 Å². The van der Waals surface area contributed by atoms with Gasteiger partial charge in [-0.05, 0) is 38.8 Å². The molecule has 1 rings (SSSR count). The molecule has 1 unspecified atom stereocenters. The second kappa shape index (κ2) is 8.63. The van der Waals surface area contributed by atoms with Crippen LogP contribution in [0.5, 0.6) is 0 Å². The third-order valence-electron chi connectivity index (χ3n) is 3.17. The zero-order valence-electron chi connectivity index (χ0n) is 14.1. The normalized spacial score (nSPS) is 12.7. The van der Waals surface area contributed by atoms with Crippen molar-refractivity contribution in [2.24, 2.45) is 0 Å². The molecule has 124 valence electrons. The third kappa shape index (κ3) is 7.31. The van der Waals surface area contributed by atoms with Gasteiger partial charge in [0, 0.05) is 24.8 Å². The van der Waals surface area contributed by atoms with Crippen LogP contribution in [0, 0.1) is 0 Å². The molecule has 5 nitrogen and oxygen atoms in total. The van der Waals surface area contributed by atoms with Crippen LogP contribution in [-0.2, 0) is 11.3 Å². The number of nitrogen functional groups attached to an aromatic ring is 1. The molecule has 22 heavy (non-hydrogen) atoms. The number of carbonyl (C=O) groups excluding carboxylic acids is 1. The SMILES string of the molecule is CCCC(CNC(=O)OC(C)(C)C)NCc1ccccc1N. The van der Waals surface area contributed by atoms with Crippen molar-refractivity contribution in [1.82, 2.24) is 10.6 Å². The first kappa shape index (κ1) is 18.3. The predicted octanol–water partition coefficient (Wildman–Crippen LogP) is 3.05. The summed E-state index contributed by atoms with van der Waals surface area (Å²) in [7, 11) is 0. The summed E-state index contributed by atoms with van der Waals surface area (Å²) >= 11 is 0. The number of nitrogens with two attached hydrogens (primary N) is 1. The van der Waals surface area contributed by atoms with Gasteiger partial charge < -0.3 is 21.1 Å². The molecule has 0 saturated carbocycles. The summed E-state index contributed by atoms with van der Waals surface area (Å²) in [4.78, 5) is 11.7. The number of para-hydroxylation sites is 1. The maximum atomic E-state index is 11.7. The summed E-state index contributed by atoms with van der Waals surface area (Å²) in [5.74, 6) is 0. The summed E-state index contributed by atoms with van der Waals surface area (Å²) in [6.45, 7) is 8.91. The summed E-state index contributed by atoms with van der Waals surface area (Å²) in [6, 6.07) is 7.99. The molecule has 0 bridgehead atoms. The highest BCUT2D eigenvalue weighted by atomic mass is 16.6. The molecule has 0 saturated heterocycles. The maximum Gasteiger partial charge on any atom is 0.407 e. The lowest BCUT2D eigenvalue weighted by Gasteiger charge is -2.22. The van der Waals surface area contributed by atoms with E-state index in [4.69, 9.17) is 10.5 Å². The largest absolute Gasteiger partial charge is 0.444 e. The lowest BCUT2D eigenvalue weighted by molar-refractivity contribution is 0.0521. The van der Waals surface area contributed by atoms with Gasteiger partial charge in [-0.25, -0.2) is 4.79 Å². The number of hydrogen-bond donors (Lipinski definition) is 3. The topological polar surface area (TPSA) is 76.4 Å². The average Bonchev–Trinajstić information content (AvgIpc) is 2.41. The molecule has 1 amide bonds. The van der Waals surface area contributed by atoms with Gasteiger partial charge >= 0.3 is 6.09 Å². The minimum absolute atomic E-state index is 0.192. The van der Waals surface area contributed by atoms with Crippen LogP contribution >= 0.6 is 0 Å². The fourth-order valence-corrected chi connectivity index (χ4v) is 2.09. The van der Waals surface area contributed by atoms with E-state index in [1.165, 1.54) is 0 Å². The molecule has 0 radical (unpaired) electrons. The van der Waals surface area contributed by atoms with E-state index in [1.807, 2.05) is 45.0 Å². The average molecular weight is 307 g/mol. The summed E-state index contributed by atoms with van der Waals surface area (Å²) in [5, 5.41) is 6.27. The number of rotatable bonds is 7. The van der Waals surface area contributed by atoms with Gasteiger partial charge in [0.25, 0.3) is 0 Å². The molecule has 1 aromatic carbocycles. The number of anilines is 1. The monoisotopic (exact) mass is 307 g/mol. The third-order valence-corrected chi connectivity index (χ3v) is 3.17.